The second kappa shape index (κ2) is 8.32. The lowest BCUT2D eigenvalue weighted by molar-refractivity contribution is 0.100. The first-order chi connectivity index (χ1) is 9.80. The van der Waals surface area contributed by atoms with Gasteiger partial charge in [0, 0.05) is 19.6 Å². The fourth-order valence-corrected chi connectivity index (χ4v) is 2.30. The number of aliphatic hydroxyl groups excluding tert-OH is 1. The zero-order chi connectivity index (χ0) is 15.9. The first-order valence-corrected chi connectivity index (χ1v) is 7.21. The third kappa shape index (κ3) is 7.41. The van der Waals surface area contributed by atoms with E-state index in [-0.39, 0.29) is 17.8 Å². The van der Waals surface area contributed by atoms with Crippen LogP contribution in [0, 0.1) is 11.2 Å². The summed E-state index contributed by atoms with van der Waals surface area (Å²) >= 11 is 0. The summed E-state index contributed by atoms with van der Waals surface area (Å²) in [4.78, 5) is 2.14. The van der Waals surface area contributed by atoms with Crippen molar-refractivity contribution in [3.8, 4) is 5.75 Å². The maximum absolute atomic E-state index is 13.3. The fourth-order valence-electron chi connectivity index (χ4n) is 2.30. The minimum Gasteiger partial charge on any atom is -0.488 e. The van der Waals surface area contributed by atoms with Gasteiger partial charge in [-0.1, -0.05) is 26.0 Å². The molecule has 0 bridgehead atoms. The summed E-state index contributed by atoms with van der Waals surface area (Å²) in [6.45, 7) is 6.58. The first kappa shape index (κ1) is 17.9. The number of nitrogens with zero attached hydrogens (tertiary/aromatic N) is 1. The third-order valence-electron chi connectivity index (χ3n) is 3.00. The molecule has 1 unspecified atom stereocenters. The van der Waals surface area contributed by atoms with Crippen LogP contribution in [0.15, 0.2) is 24.3 Å². The normalized spacial score (nSPS) is 13.5. The summed E-state index contributed by atoms with van der Waals surface area (Å²) in [5.74, 6) is -0.241. The zero-order valence-electron chi connectivity index (χ0n) is 13.4. The number of rotatable bonds is 9. The summed E-state index contributed by atoms with van der Waals surface area (Å²) in [6, 6.07) is 6.19. The Kier molecular flexibility index (Phi) is 7.08. The van der Waals surface area contributed by atoms with Gasteiger partial charge in [-0.15, -0.1) is 0 Å². The molecule has 0 aliphatic rings. The molecule has 1 aromatic carbocycles. The van der Waals surface area contributed by atoms with E-state index in [2.05, 4.69) is 24.1 Å². The highest BCUT2D eigenvalue weighted by molar-refractivity contribution is 5.23. The van der Waals surface area contributed by atoms with E-state index in [9.17, 15) is 9.50 Å². The number of hydrogen-bond acceptors (Lipinski definition) is 4. The smallest absolute Gasteiger partial charge is 0.165 e. The van der Waals surface area contributed by atoms with Crippen molar-refractivity contribution in [1.29, 1.82) is 0 Å². The molecular formula is C16H27FN2O2. The largest absolute Gasteiger partial charge is 0.488 e. The van der Waals surface area contributed by atoms with Crippen molar-refractivity contribution in [3.05, 3.63) is 30.1 Å². The molecule has 0 aromatic heterocycles. The molecule has 0 radical (unpaired) electrons. The van der Waals surface area contributed by atoms with E-state index < -0.39 is 11.9 Å². The van der Waals surface area contributed by atoms with Crippen LogP contribution < -0.4 is 10.1 Å². The molecule has 2 N–H and O–H groups in total. The standard InChI is InChI=1S/C16H27FN2O2/c1-16(2,12-19(3)4)11-18-9-13(20)10-21-15-8-6-5-7-14(15)17/h5-8,13,18,20H,9-12H2,1-4H3. The number of ether oxygens (including phenoxy) is 1. The second-order valence-corrected chi connectivity index (χ2v) is 6.43. The van der Waals surface area contributed by atoms with Crippen molar-refractivity contribution in [2.75, 3.05) is 40.3 Å². The highest BCUT2D eigenvalue weighted by atomic mass is 19.1. The molecule has 0 aliphatic carbocycles. The van der Waals surface area contributed by atoms with Crippen LogP contribution in [0.1, 0.15) is 13.8 Å². The van der Waals surface area contributed by atoms with Crippen LogP contribution in [-0.4, -0.2) is 56.4 Å². The third-order valence-corrected chi connectivity index (χ3v) is 3.00. The Hall–Kier alpha value is -1.17. The van der Waals surface area contributed by atoms with E-state index in [0.717, 1.165) is 13.1 Å². The molecule has 0 saturated carbocycles. The van der Waals surface area contributed by atoms with Crippen LogP contribution in [0.25, 0.3) is 0 Å². The molecule has 4 nitrogen and oxygen atoms in total. The Morgan fingerprint density at radius 2 is 2.00 bits per heavy atom. The summed E-state index contributed by atoms with van der Waals surface area (Å²) in [7, 11) is 4.08. The molecule has 120 valence electrons. The van der Waals surface area contributed by atoms with E-state index in [1.54, 1.807) is 18.2 Å². The van der Waals surface area contributed by atoms with E-state index in [4.69, 9.17) is 4.74 Å². The Balaban J connectivity index is 2.25. The summed E-state index contributed by atoms with van der Waals surface area (Å²) in [6.07, 6.45) is -0.667. The number of hydrogen-bond donors (Lipinski definition) is 2. The average Bonchev–Trinajstić information content (AvgIpc) is 2.36. The van der Waals surface area contributed by atoms with Gasteiger partial charge < -0.3 is 20.1 Å². The Bertz CT molecular complexity index is 424. The Labute approximate surface area is 126 Å². The highest BCUT2D eigenvalue weighted by Gasteiger charge is 2.19. The Morgan fingerprint density at radius 3 is 2.62 bits per heavy atom. The minimum absolute atomic E-state index is 0.0715. The lowest BCUT2D eigenvalue weighted by Crippen LogP contribution is -2.41. The van der Waals surface area contributed by atoms with Gasteiger partial charge in [0.25, 0.3) is 0 Å². The molecule has 0 heterocycles. The van der Waals surface area contributed by atoms with Gasteiger partial charge in [-0.05, 0) is 31.6 Å². The van der Waals surface area contributed by atoms with Crippen molar-refractivity contribution < 1.29 is 14.2 Å². The van der Waals surface area contributed by atoms with E-state index in [1.807, 2.05) is 14.1 Å². The first-order valence-electron chi connectivity index (χ1n) is 7.21. The summed E-state index contributed by atoms with van der Waals surface area (Å²) in [5, 5.41) is 13.1. The maximum Gasteiger partial charge on any atom is 0.165 e. The lowest BCUT2D eigenvalue weighted by atomic mass is 9.93. The topological polar surface area (TPSA) is 44.7 Å². The van der Waals surface area contributed by atoms with Crippen molar-refractivity contribution in [1.82, 2.24) is 10.2 Å². The van der Waals surface area contributed by atoms with Crippen LogP contribution in [-0.2, 0) is 0 Å². The number of nitrogens with one attached hydrogen (secondary N) is 1. The van der Waals surface area contributed by atoms with E-state index in [0.29, 0.717) is 6.54 Å². The van der Waals surface area contributed by atoms with Crippen LogP contribution >= 0.6 is 0 Å². The molecule has 1 aromatic rings. The van der Waals surface area contributed by atoms with Gasteiger partial charge in [-0.25, -0.2) is 4.39 Å². The fraction of sp³-hybridized carbons (Fsp3) is 0.625. The molecule has 0 spiro atoms. The molecule has 1 rings (SSSR count). The van der Waals surface area contributed by atoms with Crippen molar-refractivity contribution in [2.45, 2.75) is 20.0 Å². The second-order valence-electron chi connectivity index (χ2n) is 6.43. The van der Waals surface area contributed by atoms with Gasteiger partial charge in [0.05, 0.1) is 0 Å². The molecular weight excluding hydrogens is 271 g/mol. The van der Waals surface area contributed by atoms with Crippen LogP contribution in [0.4, 0.5) is 4.39 Å². The number of aliphatic hydroxyl groups is 1. The van der Waals surface area contributed by atoms with E-state index in [1.165, 1.54) is 6.07 Å². The summed E-state index contributed by atoms with van der Waals surface area (Å²) in [5.41, 5.74) is 0.121. The molecule has 0 saturated heterocycles. The number of benzene rings is 1. The van der Waals surface area contributed by atoms with Crippen molar-refractivity contribution in [3.63, 3.8) is 0 Å². The van der Waals surface area contributed by atoms with Gasteiger partial charge in [0.2, 0.25) is 0 Å². The predicted octanol–water partition coefficient (Wildman–Crippen LogP) is 1.74. The van der Waals surface area contributed by atoms with Crippen LogP contribution in [0.2, 0.25) is 0 Å². The van der Waals surface area contributed by atoms with Gasteiger partial charge in [0.1, 0.15) is 12.7 Å². The van der Waals surface area contributed by atoms with Gasteiger partial charge in [-0.3, -0.25) is 0 Å². The molecule has 0 amide bonds. The number of para-hydroxylation sites is 1. The molecule has 0 aliphatic heterocycles. The Morgan fingerprint density at radius 1 is 1.33 bits per heavy atom. The lowest BCUT2D eigenvalue weighted by Gasteiger charge is -2.29. The maximum atomic E-state index is 13.3. The number of halogens is 1. The van der Waals surface area contributed by atoms with Gasteiger partial charge >= 0.3 is 0 Å². The molecule has 0 fully saturated rings. The minimum atomic E-state index is -0.667. The SMILES string of the molecule is CN(C)CC(C)(C)CNCC(O)COc1ccccc1F. The summed E-state index contributed by atoms with van der Waals surface area (Å²) < 4.78 is 18.6. The molecule has 5 heteroatoms. The quantitative estimate of drug-likeness (QED) is 0.729. The zero-order valence-corrected chi connectivity index (χ0v) is 13.4. The highest BCUT2D eigenvalue weighted by Crippen LogP contribution is 2.16. The van der Waals surface area contributed by atoms with Gasteiger partial charge in [0.15, 0.2) is 11.6 Å². The van der Waals surface area contributed by atoms with Crippen molar-refractivity contribution in [2.24, 2.45) is 5.41 Å². The van der Waals surface area contributed by atoms with E-state index >= 15 is 0 Å². The molecule has 1 atom stereocenters. The molecule has 21 heavy (non-hydrogen) atoms. The van der Waals surface area contributed by atoms with Crippen molar-refractivity contribution >= 4 is 0 Å². The van der Waals surface area contributed by atoms with Crippen LogP contribution in [0.3, 0.4) is 0 Å². The average molecular weight is 298 g/mol. The monoisotopic (exact) mass is 298 g/mol. The van der Waals surface area contributed by atoms with Crippen LogP contribution in [0.5, 0.6) is 5.75 Å². The van der Waals surface area contributed by atoms with Gasteiger partial charge in [-0.2, -0.15) is 0 Å². The predicted molar refractivity (Wildman–Crippen MR) is 83.1 cm³/mol.